The maximum Gasteiger partial charge on any atom is 0.277 e. The van der Waals surface area contributed by atoms with Crippen molar-refractivity contribution in [2.24, 2.45) is 0 Å². The molecular weight excluding hydrogens is 267 g/mol. The molecule has 2 heterocycles. The maximum atomic E-state index is 13.7. The van der Waals surface area contributed by atoms with Crippen LogP contribution in [-0.4, -0.2) is 17.5 Å². The number of hydrogen-bond acceptors (Lipinski definition) is 4. The Bertz CT molecular complexity index is 736. The number of amides is 2. The van der Waals surface area contributed by atoms with Crippen LogP contribution >= 0.6 is 11.3 Å². The van der Waals surface area contributed by atoms with E-state index in [-0.39, 0.29) is 16.2 Å². The van der Waals surface area contributed by atoms with Crippen molar-refractivity contribution >= 4 is 28.9 Å². The van der Waals surface area contributed by atoms with Crippen LogP contribution in [-0.2, 0) is 4.79 Å². The molecule has 19 heavy (non-hydrogen) atoms. The van der Waals surface area contributed by atoms with Crippen molar-refractivity contribution < 1.29 is 14.0 Å². The molecular formula is C13H7FN2O2S. The lowest BCUT2D eigenvalue weighted by Crippen LogP contribution is -2.41. The Morgan fingerprint density at radius 1 is 1.11 bits per heavy atom. The van der Waals surface area contributed by atoms with Crippen molar-refractivity contribution in [1.82, 2.24) is 5.32 Å². The van der Waals surface area contributed by atoms with Gasteiger partial charge in [-0.05, 0) is 12.1 Å². The molecule has 6 heteroatoms. The number of rotatable bonds is 1. The summed E-state index contributed by atoms with van der Waals surface area (Å²) in [6.45, 7) is 0. The summed E-state index contributed by atoms with van der Waals surface area (Å²) < 4.78 is 13.7. The fourth-order valence-electron chi connectivity index (χ4n) is 1.88. The number of halogens is 1. The number of thiophene rings is 1. The van der Waals surface area contributed by atoms with Gasteiger partial charge in [-0.15, -0.1) is 11.3 Å². The second-order valence-electron chi connectivity index (χ2n) is 3.99. The van der Waals surface area contributed by atoms with Gasteiger partial charge in [0.25, 0.3) is 11.8 Å². The Balaban J connectivity index is 2.18. The van der Waals surface area contributed by atoms with E-state index in [0.717, 1.165) is 11.3 Å². The third-order valence-electron chi connectivity index (χ3n) is 2.80. The fraction of sp³-hybridized carbons (Fsp3) is 0. The Morgan fingerprint density at radius 3 is 2.58 bits per heavy atom. The molecule has 2 aromatic rings. The molecule has 0 aliphatic carbocycles. The Hall–Kier alpha value is -2.34. The summed E-state index contributed by atoms with van der Waals surface area (Å²) in [6.07, 6.45) is 0. The molecule has 2 amide bonds. The van der Waals surface area contributed by atoms with Crippen molar-refractivity contribution in [3.8, 4) is 10.4 Å². The summed E-state index contributed by atoms with van der Waals surface area (Å²) >= 11 is 1.07. The first-order valence-corrected chi connectivity index (χ1v) is 6.23. The van der Waals surface area contributed by atoms with Crippen molar-refractivity contribution in [2.45, 2.75) is 0 Å². The van der Waals surface area contributed by atoms with Gasteiger partial charge in [0.2, 0.25) is 0 Å². The largest absolute Gasteiger partial charge is 0.294 e. The fourth-order valence-corrected chi connectivity index (χ4v) is 3.00. The van der Waals surface area contributed by atoms with Crippen molar-refractivity contribution in [3.05, 3.63) is 46.6 Å². The smallest absolute Gasteiger partial charge is 0.277 e. The highest BCUT2D eigenvalue weighted by Gasteiger charge is 2.30. The summed E-state index contributed by atoms with van der Waals surface area (Å²) in [5.74, 6) is -1.67. The lowest BCUT2D eigenvalue weighted by Gasteiger charge is -2.10. The average molecular weight is 274 g/mol. The zero-order valence-electron chi connectivity index (χ0n) is 9.49. The third kappa shape index (κ3) is 1.77. The molecule has 2 N–H and O–H groups in total. The molecule has 1 aromatic carbocycles. The van der Waals surface area contributed by atoms with E-state index in [1.807, 2.05) is 0 Å². The van der Waals surface area contributed by atoms with Crippen molar-refractivity contribution in [2.75, 3.05) is 0 Å². The van der Waals surface area contributed by atoms with Gasteiger partial charge in [0.05, 0.1) is 10.4 Å². The number of nitrogens with one attached hydrogen (secondary N) is 2. The Labute approximate surface area is 111 Å². The van der Waals surface area contributed by atoms with Gasteiger partial charge in [-0.3, -0.25) is 20.3 Å². The molecule has 0 radical (unpaired) electrons. The highest BCUT2D eigenvalue weighted by Crippen LogP contribution is 2.34. The molecule has 1 aliphatic rings. The van der Waals surface area contributed by atoms with Crippen LogP contribution in [0.1, 0.15) is 15.2 Å². The van der Waals surface area contributed by atoms with Gasteiger partial charge in [0.1, 0.15) is 11.5 Å². The predicted octanol–water partition coefficient (Wildman–Crippen LogP) is 2.19. The minimum atomic E-state index is -0.723. The number of imide groups is 1. The number of fused-ring (bicyclic) bond motifs is 1. The standard InChI is InChI=1S/C13H7FN2O2S/c14-8-4-2-1-3-6(8)9-5-7-11(19-9)10(15)13(18)16-12(7)17/h1-5,15H,(H,16,17,18). The van der Waals surface area contributed by atoms with Crippen LogP contribution in [0.3, 0.4) is 0 Å². The van der Waals surface area contributed by atoms with Gasteiger partial charge < -0.3 is 0 Å². The van der Waals surface area contributed by atoms with Gasteiger partial charge in [0, 0.05) is 10.4 Å². The normalized spacial score (nSPS) is 14.3. The van der Waals surface area contributed by atoms with Crippen LogP contribution in [0.5, 0.6) is 0 Å². The molecule has 1 aliphatic heterocycles. The quantitative estimate of drug-likeness (QED) is 0.782. The molecule has 0 fully saturated rings. The van der Waals surface area contributed by atoms with Gasteiger partial charge in [-0.25, -0.2) is 4.39 Å². The Morgan fingerprint density at radius 2 is 1.84 bits per heavy atom. The van der Waals surface area contributed by atoms with E-state index in [0.29, 0.717) is 10.4 Å². The highest BCUT2D eigenvalue weighted by molar-refractivity contribution is 7.18. The van der Waals surface area contributed by atoms with Gasteiger partial charge in [0.15, 0.2) is 0 Å². The molecule has 0 bridgehead atoms. The van der Waals surface area contributed by atoms with Crippen molar-refractivity contribution in [3.63, 3.8) is 0 Å². The molecule has 1 aromatic heterocycles. The van der Waals surface area contributed by atoms with Crippen LogP contribution in [0.4, 0.5) is 4.39 Å². The maximum absolute atomic E-state index is 13.7. The zero-order valence-corrected chi connectivity index (χ0v) is 10.3. The molecule has 0 unspecified atom stereocenters. The van der Waals surface area contributed by atoms with Crippen LogP contribution in [0.2, 0.25) is 0 Å². The van der Waals surface area contributed by atoms with Gasteiger partial charge >= 0.3 is 0 Å². The first kappa shape index (κ1) is 11.7. The minimum Gasteiger partial charge on any atom is -0.294 e. The summed E-state index contributed by atoms with van der Waals surface area (Å²) in [7, 11) is 0. The zero-order chi connectivity index (χ0) is 13.6. The van der Waals surface area contributed by atoms with Crippen LogP contribution < -0.4 is 5.32 Å². The lowest BCUT2D eigenvalue weighted by molar-refractivity contribution is -0.114. The van der Waals surface area contributed by atoms with Gasteiger partial charge in [-0.1, -0.05) is 18.2 Å². The second kappa shape index (κ2) is 4.10. The third-order valence-corrected chi connectivity index (χ3v) is 3.98. The van der Waals surface area contributed by atoms with E-state index >= 15 is 0 Å². The van der Waals surface area contributed by atoms with Gasteiger partial charge in [-0.2, -0.15) is 0 Å². The molecule has 0 saturated carbocycles. The van der Waals surface area contributed by atoms with Crippen LogP contribution in [0.15, 0.2) is 30.3 Å². The van der Waals surface area contributed by atoms with E-state index in [4.69, 9.17) is 5.41 Å². The van der Waals surface area contributed by atoms with Crippen LogP contribution in [0, 0.1) is 11.2 Å². The Kier molecular flexibility index (Phi) is 2.53. The van der Waals surface area contributed by atoms with E-state index in [9.17, 15) is 14.0 Å². The number of benzene rings is 1. The number of carbonyl (C=O) groups is 2. The summed E-state index contributed by atoms with van der Waals surface area (Å²) in [5.41, 5.74) is 0.338. The second-order valence-corrected chi connectivity index (χ2v) is 5.04. The van der Waals surface area contributed by atoms with E-state index in [2.05, 4.69) is 5.32 Å². The van der Waals surface area contributed by atoms with Crippen LogP contribution in [0.25, 0.3) is 10.4 Å². The number of carbonyl (C=O) groups excluding carboxylic acids is 2. The topological polar surface area (TPSA) is 70.0 Å². The SMILES string of the molecule is N=C1C(=O)NC(=O)c2cc(-c3ccccc3F)sc21. The average Bonchev–Trinajstić information content (AvgIpc) is 2.82. The summed E-state index contributed by atoms with van der Waals surface area (Å²) in [6, 6.07) is 7.69. The molecule has 0 spiro atoms. The van der Waals surface area contributed by atoms with E-state index < -0.39 is 17.6 Å². The molecule has 4 nitrogen and oxygen atoms in total. The highest BCUT2D eigenvalue weighted by atomic mass is 32.1. The number of hydrogen-bond donors (Lipinski definition) is 2. The predicted molar refractivity (Wildman–Crippen MR) is 69.0 cm³/mol. The molecule has 94 valence electrons. The lowest BCUT2D eigenvalue weighted by atomic mass is 10.1. The van der Waals surface area contributed by atoms with E-state index in [1.54, 1.807) is 18.2 Å². The molecule has 3 rings (SSSR count). The first-order chi connectivity index (χ1) is 9.08. The van der Waals surface area contributed by atoms with E-state index in [1.165, 1.54) is 12.1 Å². The summed E-state index contributed by atoms with van der Waals surface area (Å²) in [5, 5.41) is 9.72. The molecule has 0 atom stereocenters. The summed E-state index contributed by atoms with van der Waals surface area (Å²) in [4.78, 5) is 23.8. The monoisotopic (exact) mass is 274 g/mol. The van der Waals surface area contributed by atoms with Crippen molar-refractivity contribution in [1.29, 1.82) is 5.41 Å². The first-order valence-electron chi connectivity index (χ1n) is 5.41. The molecule has 0 saturated heterocycles. The minimum absolute atomic E-state index is 0.243.